The molecule has 0 aromatic heterocycles. The maximum atomic E-state index is 5.89. The fourth-order valence-electron chi connectivity index (χ4n) is 3.49. The van der Waals surface area contributed by atoms with Crippen molar-refractivity contribution in [2.75, 3.05) is 20.3 Å². The molecule has 1 aliphatic rings. The van der Waals surface area contributed by atoms with Crippen molar-refractivity contribution in [1.82, 2.24) is 5.32 Å². The van der Waals surface area contributed by atoms with Gasteiger partial charge in [-0.15, -0.1) is 0 Å². The Labute approximate surface area is 117 Å². The van der Waals surface area contributed by atoms with Crippen LogP contribution in [-0.4, -0.2) is 25.8 Å². The minimum Gasteiger partial charge on any atom is -0.381 e. The van der Waals surface area contributed by atoms with Gasteiger partial charge >= 0.3 is 0 Å². The number of rotatable bonds is 6. The zero-order chi connectivity index (χ0) is 13.9. The summed E-state index contributed by atoms with van der Waals surface area (Å²) in [7, 11) is 2.05. The van der Waals surface area contributed by atoms with Crippen molar-refractivity contribution in [2.24, 2.45) is 5.41 Å². The van der Waals surface area contributed by atoms with E-state index >= 15 is 0 Å². The van der Waals surface area contributed by atoms with E-state index in [1.165, 1.54) is 24.0 Å². The first-order valence-corrected chi connectivity index (χ1v) is 7.27. The summed E-state index contributed by atoms with van der Waals surface area (Å²) in [4.78, 5) is 0. The van der Waals surface area contributed by atoms with E-state index in [1.807, 2.05) is 0 Å². The normalized spacial score (nSPS) is 30.1. The third kappa shape index (κ3) is 3.80. The van der Waals surface area contributed by atoms with Gasteiger partial charge in [0.1, 0.15) is 0 Å². The van der Waals surface area contributed by atoms with Gasteiger partial charge in [0.05, 0.1) is 13.2 Å². The second-order valence-electron chi connectivity index (χ2n) is 6.77. The van der Waals surface area contributed by atoms with Crippen LogP contribution in [0.25, 0.3) is 0 Å². The summed E-state index contributed by atoms with van der Waals surface area (Å²) >= 11 is 0. The second-order valence-corrected chi connectivity index (χ2v) is 6.77. The monoisotopic (exact) mass is 261 g/mol. The Morgan fingerprint density at radius 1 is 1.26 bits per heavy atom. The molecule has 1 saturated carbocycles. The lowest BCUT2D eigenvalue weighted by Gasteiger charge is -2.53. The van der Waals surface area contributed by atoms with Crippen LogP contribution in [0.1, 0.15) is 37.8 Å². The Hall–Kier alpha value is -0.860. The minimum atomic E-state index is 0.328. The molecule has 1 aliphatic carbocycles. The summed E-state index contributed by atoms with van der Waals surface area (Å²) in [5.74, 6) is 0. The van der Waals surface area contributed by atoms with Crippen LogP contribution in [0, 0.1) is 12.3 Å². The summed E-state index contributed by atoms with van der Waals surface area (Å²) in [6, 6.07) is 8.68. The molecule has 0 saturated heterocycles. The van der Waals surface area contributed by atoms with Crippen molar-refractivity contribution in [3.63, 3.8) is 0 Å². The molecule has 1 aromatic carbocycles. The molecule has 0 aliphatic heterocycles. The van der Waals surface area contributed by atoms with Gasteiger partial charge in [0.15, 0.2) is 0 Å². The highest BCUT2D eigenvalue weighted by molar-refractivity contribution is 5.22. The molecule has 2 rings (SSSR count). The summed E-state index contributed by atoms with van der Waals surface area (Å²) in [5, 5.41) is 3.40. The zero-order valence-electron chi connectivity index (χ0n) is 12.8. The van der Waals surface area contributed by atoms with Gasteiger partial charge in [-0.1, -0.05) is 36.8 Å². The molecule has 0 radical (unpaired) electrons. The average Bonchev–Trinajstić information content (AvgIpc) is 2.33. The number of nitrogens with one attached hydrogen (secondary N) is 1. The van der Waals surface area contributed by atoms with Crippen molar-refractivity contribution in [2.45, 2.75) is 45.6 Å². The van der Waals surface area contributed by atoms with Crippen molar-refractivity contribution in [1.29, 1.82) is 0 Å². The largest absolute Gasteiger partial charge is 0.381 e. The van der Waals surface area contributed by atoms with Crippen molar-refractivity contribution >= 4 is 0 Å². The third-order valence-corrected chi connectivity index (χ3v) is 4.31. The summed E-state index contributed by atoms with van der Waals surface area (Å²) in [5.41, 5.74) is 3.39. The van der Waals surface area contributed by atoms with Crippen LogP contribution in [-0.2, 0) is 11.2 Å². The Kier molecular flexibility index (Phi) is 4.32. The average molecular weight is 261 g/mol. The molecular weight excluding hydrogens is 234 g/mol. The summed E-state index contributed by atoms with van der Waals surface area (Å²) in [6.45, 7) is 8.48. The van der Waals surface area contributed by atoms with Crippen LogP contribution in [0.4, 0.5) is 0 Å². The fourth-order valence-corrected chi connectivity index (χ4v) is 3.49. The van der Waals surface area contributed by atoms with Crippen LogP contribution in [0.3, 0.4) is 0 Å². The minimum absolute atomic E-state index is 0.328. The molecule has 19 heavy (non-hydrogen) atoms. The van der Waals surface area contributed by atoms with Crippen LogP contribution in [0.15, 0.2) is 24.3 Å². The molecule has 2 heteroatoms. The van der Waals surface area contributed by atoms with E-state index in [0.29, 0.717) is 11.0 Å². The first-order valence-electron chi connectivity index (χ1n) is 7.27. The van der Waals surface area contributed by atoms with Gasteiger partial charge in [-0.05, 0) is 51.1 Å². The molecule has 0 bridgehead atoms. The molecule has 106 valence electrons. The molecule has 1 N–H and O–H groups in total. The van der Waals surface area contributed by atoms with Crippen LogP contribution < -0.4 is 5.32 Å². The molecule has 1 aromatic rings. The van der Waals surface area contributed by atoms with Gasteiger partial charge in [-0.3, -0.25) is 0 Å². The van der Waals surface area contributed by atoms with E-state index < -0.39 is 0 Å². The van der Waals surface area contributed by atoms with E-state index in [1.54, 1.807) is 0 Å². The number of hydrogen-bond donors (Lipinski definition) is 1. The van der Waals surface area contributed by atoms with Gasteiger partial charge in [0, 0.05) is 5.54 Å². The lowest BCUT2D eigenvalue weighted by atomic mass is 9.59. The lowest BCUT2D eigenvalue weighted by molar-refractivity contribution is -0.0450. The fraction of sp³-hybridized carbons (Fsp3) is 0.647. The second kappa shape index (κ2) is 5.64. The van der Waals surface area contributed by atoms with Crippen LogP contribution >= 0.6 is 0 Å². The highest BCUT2D eigenvalue weighted by Crippen LogP contribution is 2.47. The van der Waals surface area contributed by atoms with E-state index in [9.17, 15) is 0 Å². The quantitative estimate of drug-likeness (QED) is 0.793. The molecular formula is C17H27NO. The standard InChI is InChI=1S/C17H27NO/c1-14-6-5-7-15(10-14)8-9-19-13-16(2)11-17(3,12-16)18-4/h5-7,10,18H,8-9,11-13H2,1-4H3. The maximum absolute atomic E-state index is 5.89. The van der Waals surface area contributed by atoms with E-state index in [0.717, 1.165) is 19.6 Å². The lowest BCUT2D eigenvalue weighted by Crippen LogP contribution is -2.57. The van der Waals surface area contributed by atoms with E-state index in [4.69, 9.17) is 4.74 Å². The van der Waals surface area contributed by atoms with Crippen molar-refractivity contribution < 1.29 is 4.74 Å². The van der Waals surface area contributed by atoms with Gasteiger partial charge < -0.3 is 10.1 Å². The highest BCUT2D eigenvalue weighted by Gasteiger charge is 2.47. The summed E-state index contributed by atoms with van der Waals surface area (Å²) < 4.78 is 5.89. The first kappa shape index (κ1) is 14.5. The van der Waals surface area contributed by atoms with Gasteiger partial charge in [-0.2, -0.15) is 0 Å². The number of ether oxygens (including phenoxy) is 1. The van der Waals surface area contributed by atoms with Gasteiger partial charge in [0.25, 0.3) is 0 Å². The van der Waals surface area contributed by atoms with Gasteiger partial charge in [0.2, 0.25) is 0 Å². The highest BCUT2D eigenvalue weighted by atomic mass is 16.5. The number of benzene rings is 1. The Morgan fingerprint density at radius 3 is 2.63 bits per heavy atom. The van der Waals surface area contributed by atoms with Crippen molar-refractivity contribution in [3.8, 4) is 0 Å². The molecule has 1 fully saturated rings. The molecule has 0 heterocycles. The third-order valence-electron chi connectivity index (χ3n) is 4.31. The predicted molar refractivity (Wildman–Crippen MR) is 80.5 cm³/mol. The van der Waals surface area contributed by atoms with Crippen LogP contribution in [0.2, 0.25) is 0 Å². The number of aryl methyl sites for hydroxylation is 1. The van der Waals surface area contributed by atoms with Crippen molar-refractivity contribution in [3.05, 3.63) is 35.4 Å². The molecule has 0 unspecified atom stereocenters. The first-order chi connectivity index (χ1) is 8.95. The molecule has 2 nitrogen and oxygen atoms in total. The maximum Gasteiger partial charge on any atom is 0.0521 e. The van der Waals surface area contributed by atoms with Crippen LogP contribution in [0.5, 0.6) is 0 Å². The Bertz CT molecular complexity index is 421. The zero-order valence-corrected chi connectivity index (χ0v) is 12.8. The topological polar surface area (TPSA) is 21.3 Å². The van der Waals surface area contributed by atoms with Gasteiger partial charge in [-0.25, -0.2) is 0 Å². The Balaban J connectivity index is 1.68. The molecule has 0 spiro atoms. The van der Waals surface area contributed by atoms with E-state index in [-0.39, 0.29) is 0 Å². The Morgan fingerprint density at radius 2 is 2.00 bits per heavy atom. The molecule has 0 amide bonds. The number of hydrogen-bond acceptors (Lipinski definition) is 2. The predicted octanol–water partition coefficient (Wildman–Crippen LogP) is 3.33. The SMILES string of the molecule is CNC1(C)CC(C)(COCCc2cccc(C)c2)C1. The van der Waals surface area contributed by atoms with E-state index in [2.05, 4.69) is 57.4 Å². The smallest absolute Gasteiger partial charge is 0.0521 e. The molecule has 0 atom stereocenters. The summed E-state index contributed by atoms with van der Waals surface area (Å²) in [6.07, 6.45) is 3.43.